The van der Waals surface area contributed by atoms with E-state index in [0.29, 0.717) is 12.2 Å². The largest absolute Gasteiger partial charge is 0.462 e. The zero-order chi connectivity index (χ0) is 26.9. The highest BCUT2D eigenvalue weighted by Gasteiger charge is 2.27. The summed E-state index contributed by atoms with van der Waals surface area (Å²) < 4.78 is 10.6. The Morgan fingerprint density at radius 3 is 1.56 bits per heavy atom. The number of hydrogen-bond donors (Lipinski definition) is 0. The summed E-state index contributed by atoms with van der Waals surface area (Å²) in [6, 6.07) is 47.0. The number of carbonyl (C=O) groups is 1. The van der Waals surface area contributed by atoms with E-state index in [2.05, 4.69) is 89.9 Å². The minimum atomic E-state index is -2.32. The van der Waals surface area contributed by atoms with E-state index < -0.39 is 7.05 Å². The van der Waals surface area contributed by atoms with Crippen LogP contribution in [-0.2, 0) is 4.74 Å². The van der Waals surface area contributed by atoms with Crippen LogP contribution in [0, 0.1) is 0 Å². The maximum atomic E-state index is 11.9. The molecule has 5 aromatic carbocycles. The molecule has 0 saturated heterocycles. The molecule has 0 radical (unpaired) electrons. The Kier molecular flexibility index (Phi) is 8.26. The van der Waals surface area contributed by atoms with Crippen LogP contribution in [0.1, 0.15) is 22.8 Å². The molecule has 0 bridgehead atoms. The summed E-state index contributed by atoms with van der Waals surface area (Å²) in [7, 11) is -2.32. The van der Waals surface area contributed by atoms with Crippen molar-refractivity contribution in [2.75, 3.05) is 6.61 Å². The van der Waals surface area contributed by atoms with E-state index in [1.54, 1.807) is 19.1 Å². The molecule has 0 atom stereocenters. The molecule has 0 N–H and O–H groups in total. The van der Waals surface area contributed by atoms with Gasteiger partial charge in [-0.05, 0) is 48.9 Å². The fourth-order valence-corrected chi connectivity index (χ4v) is 7.93. The van der Waals surface area contributed by atoms with Crippen molar-refractivity contribution >= 4 is 46.5 Å². The van der Waals surface area contributed by atoms with Crippen LogP contribution in [0.4, 0.5) is 11.4 Å². The molecule has 0 heterocycles. The van der Waals surface area contributed by atoms with Gasteiger partial charge in [0.25, 0.3) is 0 Å². The van der Waals surface area contributed by atoms with Gasteiger partial charge < -0.3 is 4.74 Å². The van der Waals surface area contributed by atoms with E-state index >= 15 is 0 Å². The maximum absolute atomic E-state index is 11.9. The summed E-state index contributed by atoms with van der Waals surface area (Å²) in [4.78, 5) is 16.4. The van der Waals surface area contributed by atoms with Crippen molar-refractivity contribution in [3.63, 3.8) is 0 Å². The molecule has 0 aliphatic rings. The summed E-state index contributed by atoms with van der Waals surface area (Å²) in [5, 5.41) is 3.62. The molecule has 5 heteroatoms. The summed E-state index contributed by atoms with van der Waals surface area (Å²) in [6.07, 6.45) is 1.82. The monoisotopic (exact) mass is 528 g/mol. The number of esters is 1. The van der Waals surface area contributed by atoms with Gasteiger partial charge in [-0.25, -0.2) is 4.79 Å². The van der Waals surface area contributed by atoms with Crippen LogP contribution in [0.5, 0.6) is 0 Å². The average molecular weight is 529 g/mol. The van der Waals surface area contributed by atoms with Crippen molar-refractivity contribution in [3.8, 4) is 0 Å². The molecule has 0 fully saturated rings. The highest BCUT2D eigenvalue weighted by atomic mass is 31.2. The Hall–Kier alpha value is -4.53. The molecule has 0 spiro atoms. The Bertz CT molecular complexity index is 1490. The van der Waals surface area contributed by atoms with Gasteiger partial charge in [-0.15, -0.1) is 0 Å². The standard InChI is InChI=1S/C34H29N2O2P/c1-2-38-34(37)28-20-24-29(25-21-28)35-26-27-18-22-30(23-19-27)36-39(31-12-6-3-7-13-31,32-14-8-4-9-15-32)33-16-10-5-11-17-33/h3-26H,2H2,1H3. The van der Waals surface area contributed by atoms with E-state index in [1.807, 2.05) is 48.7 Å². The van der Waals surface area contributed by atoms with Crippen LogP contribution in [0.15, 0.2) is 149 Å². The molecule has 5 rings (SSSR count). The van der Waals surface area contributed by atoms with Crippen LogP contribution < -0.4 is 15.9 Å². The van der Waals surface area contributed by atoms with Crippen LogP contribution in [0.25, 0.3) is 0 Å². The molecule has 5 aromatic rings. The number of rotatable bonds is 8. The van der Waals surface area contributed by atoms with Gasteiger partial charge in [-0.2, -0.15) is 0 Å². The topological polar surface area (TPSA) is 51.0 Å². The quantitative estimate of drug-likeness (QED) is 0.120. The Balaban J connectivity index is 1.51. The van der Waals surface area contributed by atoms with Crippen LogP contribution in [-0.4, -0.2) is 18.8 Å². The molecule has 0 saturated carbocycles. The second-order valence-corrected chi connectivity index (χ2v) is 11.9. The van der Waals surface area contributed by atoms with Crippen molar-refractivity contribution < 1.29 is 9.53 Å². The van der Waals surface area contributed by atoms with Gasteiger partial charge >= 0.3 is 5.97 Å². The number of carbonyl (C=O) groups excluding carboxylic acids is 1. The van der Waals surface area contributed by atoms with Crippen molar-refractivity contribution in [2.24, 2.45) is 9.74 Å². The van der Waals surface area contributed by atoms with E-state index in [4.69, 9.17) is 9.48 Å². The van der Waals surface area contributed by atoms with Gasteiger partial charge in [0.2, 0.25) is 0 Å². The number of benzene rings is 5. The van der Waals surface area contributed by atoms with Crippen molar-refractivity contribution in [2.45, 2.75) is 6.92 Å². The summed E-state index contributed by atoms with van der Waals surface area (Å²) in [5.41, 5.74) is 3.16. The molecule has 39 heavy (non-hydrogen) atoms. The van der Waals surface area contributed by atoms with Gasteiger partial charge in [0.05, 0.1) is 30.6 Å². The number of ether oxygens (including phenoxy) is 1. The van der Waals surface area contributed by atoms with Crippen molar-refractivity contribution in [1.29, 1.82) is 0 Å². The van der Waals surface area contributed by atoms with Gasteiger partial charge in [-0.1, -0.05) is 103 Å². The van der Waals surface area contributed by atoms with Crippen LogP contribution in [0.3, 0.4) is 0 Å². The van der Waals surface area contributed by atoms with Crippen molar-refractivity contribution in [3.05, 3.63) is 151 Å². The summed E-state index contributed by atoms with van der Waals surface area (Å²) in [6.45, 7) is 2.15. The third kappa shape index (κ3) is 5.98. The smallest absolute Gasteiger partial charge is 0.338 e. The van der Waals surface area contributed by atoms with Gasteiger partial charge in [0, 0.05) is 22.1 Å². The Morgan fingerprint density at radius 2 is 1.10 bits per heavy atom. The first-order valence-corrected chi connectivity index (χ1v) is 14.6. The molecule has 0 aliphatic heterocycles. The molecular formula is C34H29N2O2P. The fraction of sp³-hybridized carbons (Fsp3) is 0.0588. The minimum absolute atomic E-state index is 0.326. The van der Waals surface area contributed by atoms with Gasteiger partial charge in [0.15, 0.2) is 0 Å². The number of hydrogen-bond acceptors (Lipinski definition) is 4. The van der Waals surface area contributed by atoms with E-state index in [0.717, 1.165) is 16.9 Å². The van der Waals surface area contributed by atoms with E-state index in [1.165, 1.54) is 15.9 Å². The first-order valence-electron chi connectivity index (χ1n) is 12.9. The molecule has 192 valence electrons. The molecular weight excluding hydrogens is 499 g/mol. The maximum Gasteiger partial charge on any atom is 0.338 e. The SMILES string of the molecule is CCOC(=O)c1ccc(N=Cc2ccc(N=P(c3ccccc3)(c3ccccc3)c3ccccc3)cc2)cc1. The van der Waals surface area contributed by atoms with Crippen LogP contribution in [0.2, 0.25) is 0 Å². The normalized spacial score (nSPS) is 11.3. The highest BCUT2D eigenvalue weighted by Crippen LogP contribution is 2.49. The predicted octanol–water partition coefficient (Wildman–Crippen LogP) is 7.42. The predicted molar refractivity (Wildman–Crippen MR) is 163 cm³/mol. The zero-order valence-electron chi connectivity index (χ0n) is 21.7. The fourth-order valence-electron chi connectivity index (χ4n) is 4.40. The summed E-state index contributed by atoms with van der Waals surface area (Å²) in [5.74, 6) is -0.326. The third-order valence-corrected chi connectivity index (χ3v) is 9.96. The third-order valence-electron chi connectivity index (χ3n) is 6.29. The Labute approximate surface area is 229 Å². The van der Waals surface area contributed by atoms with Gasteiger partial charge in [-0.3, -0.25) is 9.74 Å². The van der Waals surface area contributed by atoms with Crippen molar-refractivity contribution in [1.82, 2.24) is 0 Å². The zero-order valence-corrected chi connectivity index (χ0v) is 22.6. The molecule has 0 aliphatic carbocycles. The van der Waals surface area contributed by atoms with Gasteiger partial charge in [0.1, 0.15) is 0 Å². The summed E-state index contributed by atoms with van der Waals surface area (Å²) >= 11 is 0. The first kappa shape index (κ1) is 26.1. The lowest BCUT2D eigenvalue weighted by molar-refractivity contribution is 0.0526. The second kappa shape index (κ2) is 12.3. The lowest BCUT2D eigenvalue weighted by Gasteiger charge is -2.27. The average Bonchev–Trinajstić information content (AvgIpc) is 3.01. The number of nitrogens with zero attached hydrogens (tertiary/aromatic N) is 2. The lowest BCUT2D eigenvalue weighted by atomic mass is 10.2. The second-order valence-electron chi connectivity index (χ2n) is 8.86. The van der Waals surface area contributed by atoms with E-state index in [-0.39, 0.29) is 5.97 Å². The Morgan fingerprint density at radius 1 is 0.641 bits per heavy atom. The molecule has 0 amide bonds. The van der Waals surface area contributed by atoms with E-state index in [9.17, 15) is 4.79 Å². The highest BCUT2D eigenvalue weighted by molar-refractivity contribution is 7.87. The lowest BCUT2D eigenvalue weighted by Crippen LogP contribution is -2.25. The molecule has 0 aromatic heterocycles. The first-order chi connectivity index (χ1) is 19.2. The molecule has 0 unspecified atom stereocenters. The number of aliphatic imine (C=N–C) groups is 1. The molecule has 4 nitrogen and oxygen atoms in total. The van der Waals surface area contributed by atoms with Crippen LogP contribution >= 0.6 is 7.05 Å². The minimum Gasteiger partial charge on any atom is -0.462 e.